The predicted molar refractivity (Wildman–Crippen MR) is 103 cm³/mol. The summed E-state index contributed by atoms with van der Waals surface area (Å²) in [6, 6.07) is 9.72. The Bertz CT molecular complexity index is 1110. The minimum atomic E-state index is -0.700. The van der Waals surface area contributed by atoms with Crippen molar-refractivity contribution in [3.05, 3.63) is 64.9 Å². The third-order valence-corrected chi connectivity index (χ3v) is 6.16. The summed E-state index contributed by atoms with van der Waals surface area (Å²) in [6.07, 6.45) is 2.73. The lowest BCUT2D eigenvalue weighted by atomic mass is 10.0. The monoisotopic (exact) mass is 396 g/mol. The topological polar surface area (TPSA) is 34.7 Å². The Morgan fingerprint density at radius 2 is 1.93 bits per heavy atom. The molecule has 2 aromatic carbocycles. The number of benzene rings is 2. The van der Waals surface area contributed by atoms with Crippen LogP contribution in [0, 0.1) is 11.6 Å². The Hall–Kier alpha value is -2.74. The van der Waals surface area contributed by atoms with Crippen molar-refractivity contribution in [1.29, 1.82) is 0 Å². The van der Waals surface area contributed by atoms with E-state index in [4.69, 9.17) is 9.39 Å². The van der Waals surface area contributed by atoms with Crippen molar-refractivity contribution < 1.29 is 22.7 Å². The average Bonchev–Trinajstić information content (AvgIpc) is 2.95. The van der Waals surface area contributed by atoms with Gasteiger partial charge in [0.15, 0.2) is 0 Å². The molecule has 3 aromatic rings. The molecular weight excluding hydrogens is 381 g/mol. The molecule has 139 valence electrons. The molecule has 0 atom stereocenters. The zero-order chi connectivity index (χ0) is 19.3. The maximum atomic E-state index is 14.1. The zero-order valence-electron chi connectivity index (χ0n) is 15.0. The Balaban J connectivity index is 1.66. The van der Waals surface area contributed by atoms with Gasteiger partial charge in [0.25, 0.3) is 0 Å². The molecule has 0 saturated heterocycles. The summed E-state index contributed by atoms with van der Waals surface area (Å²) in [6.45, 7) is 0. The summed E-state index contributed by atoms with van der Waals surface area (Å²) in [5.41, 5.74) is 3.12. The number of nitrogens with zero attached hydrogens (tertiary/aromatic N) is 2. The summed E-state index contributed by atoms with van der Waals surface area (Å²) in [5.74, 6) is -0.597. The SMILES string of the molecule is COc1cccc2c1CCCc1c-2sc2[n+]1[B]OC(c1c(F)cccc1F)=N2. The normalized spacial score (nSPS) is 14.6. The van der Waals surface area contributed by atoms with E-state index in [0.29, 0.717) is 5.13 Å². The molecule has 2 aliphatic rings. The molecule has 0 amide bonds. The first-order valence-corrected chi connectivity index (χ1v) is 9.75. The Labute approximate surface area is 165 Å². The van der Waals surface area contributed by atoms with Crippen LogP contribution < -0.4 is 9.21 Å². The maximum absolute atomic E-state index is 14.1. The molecule has 28 heavy (non-hydrogen) atoms. The molecule has 1 aliphatic heterocycles. The van der Waals surface area contributed by atoms with Crippen LogP contribution in [0.1, 0.15) is 23.2 Å². The Kier molecular flexibility index (Phi) is 4.16. The standard InChI is InChI=1S/C20H15BF2N2O2S/c1-26-16-10-3-6-12-11(16)5-2-9-15-18(12)28-20-24-19(27-21-25(15)20)17-13(22)7-4-8-14(17)23/h3-4,6-8,10H,2,5,9H2,1H3/q+1. The quantitative estimate of drug-likeness (QED) is 0.615. The smallest absolute Gasteiger partial charge is 0.496 e. The minimum absolute atomic E-state index is 0.0714. The van der Waals surface area contributed by atoms with Crippen molar-refractivity contribution in [3.63, 3.8) is 0 Å². The van der Waals surface area contributed by atoms with Crippen LogP contribution in [0.3, 0.4) is 0 Å². The van der Waals surface area contributed by atoms with Gasteiger partial charge in [0.2, 0.25) is 0 Å². The molecule has 0 N–H and O–H groups in total. The minimum Gasteiger partial charge on any atom is -0.496 e. The third-order valence-electron chi connectivity index (χ3n) is 5.03. The number of rotatable bonds is 2. The van der Waals surface area contributed by atoms with E-state index in [2.05, 4.69) is 11.1 Å². The highest BCUT2D eigenvalue weighted by Crippen LogP contribution is 2.42. The molecular formula is C20H15BF2N2O2S+. The van der Waals surface area contributed by atoms with Crippen LogP contribution in [-0.2, 0) is 17.5 Å². The van der Waals surface area contributed by atoms with Gasteiger partial charge in [-0.05, 0) is 42.4 Å². The lowest BCUT2D eigenvalue weighted by molar-refractivity contribution is -0.530. The molecule has 4 nitrogen and oxygen atoms in total. The van der Waals surface area contributed by atoms with E-state index in [9.17, 15) is 8.78 Å². The second-order valence-electron chi connectivity index (χ2n) is 6.61. The number of methoxy groups -OCH3 is 1. The fraction of sp³-hybridized carbons (Fsp3) is 0.200. The molecule has 5 rings (SSSR count). The van der Waals surface area contributed by atoms with E-state index in [-0.39, 0.29) is 11.5 Å². The molecule has 0 spiro atoms. The van der Waals surface area contributed by atoms with Crippen molar-refractivity contribution in [3.8, 4) is 16.2 Å². The van der Waals surface area contributed by atoms with Gasteiger partial charge in [0.1, 0.15) is 28.6 Å². The first-order valence-electron chi connectivity index (χ1n) is 8.94. The van der Waals surface area contributed by atoms with Gasteiger partial charge in [-0.1, -0.05) is 18.2 Å². The van der Waals surface area contributed by atoms with Gasteiger partial charge in [-0.25, -0.2) is 13.3 Å². The van der Waals surface area contributed by atoms with Crippen LogP contribution in [0.25, 0.3) is 10.4 Å². The summed E-state index contributed by atoms with van der Waals surface area (Å²) >= 11 is 1.49. The van der Waals surface area contributed by atoms with Crippen LogP contribution in [0.5, 0.6) is 5.75 Å². The van der Waals surface area contributed by atoms with Crippen LogP contribution in [0.15, 0.2) is 41.4 Å². The number of halogens is 2. The molecule has 1 aliphatic carbocycles. The summed E-state index contributed by atoms with van der Waals surface area (Å²) in [4.78, 5) is 5.51. The van der Waals surface area contributed by atoms with Gasteiger partial charge in [-0.3, -0.25) is 0 Å². The van der Waals surface area contributed by atoms with Crippen LogP contribution in [-0.4, -0.2) is 20.6 Å². The number of thiazole rings is 1. The van der Waals surface area contributed by atoms with Crippen molar-refractivity contribution >= 4 is 30.0 Å². The molecule has 1 aromatic heterocycles. The van der Waals surface area contributed by atoms with E-state index in [1.165, 1.54) is 42.7 Å². The Morgan fingerprint density at radius 3 is 2.71 bits per heavy atom. The molecule has 0 unspecified atom stereocenters. The summed E-state index contributed by atoms with van der Waals surface area (Å²) in [5, 5.41) is 0.629. The summed E-state index contributed by atoms with van der Waals surface area (Å²) in [7, 11) is 3.17. The predicted octanol–water partition coefficient (Wildman–Crippen LogP) is 3.97. The van der Waals surface area contributed by atoms with E-state index in [1.54, 1.807) is 7.11 Å². The molecule has 0 saturated carbocycles. The molecule has 8 heteroatoms. The third kappa shape index (κ3) is 2.63. The average molecular weight is 396 g/mol. The van der Waals surface area contributed by atoms with Gasteiger partial charge < -0.3 is 9.39 Å². The maximum Gasteiger partial charge on any atom is 0.684 e. The van der Waals surface area contributed by atoms with E-state index >= 15 is 0 Å². The largest absolute Gasteiger partial charge is 0.684 e. The number of hydrogen-bond acceptors (Lipinski definition) is 4. The molecule has 1 radical (unpaired) electrons. The fourth-order valence-electron chi connectivity index (χ4n) is 3.75. The number of fused-ring (bicyclic) bond motifs is 5. The first-order chi connectivity index (χ1) is 13.7. The van der Waals surface area contributed by atoms with E-state index < -0.39 is 11.6 Å². The van der Waals surface area contributed by atoms with Crippen molar-refractivity contribution in [2.75, 3.05) is 7.11 Å². The van der Waals surface area contributed by atoms with Crippen molar-refractivity contribution in [2.24, 2.45) is 4.99 Å². The lowest BCUT2D eigenvalue weighted by Crippen LogP contribution is -2.47. The van der Waals surface area contributed by atoms with Crippen LogP contribution in [0.2, 0.25) is 0 Å². The fourth-order valence-corrected chi connectivity index (χ4v) is 4.93. The van der Waals surface area contributed by atoms with Crippen LogP contribution in [0.4, 0.5) is 13.9 Å². The number of hydrogen-bond donors (Lipinski definition) is 0. The number of ether oxygens (including phenoxy) is 1. The van der Waals surface area contributed by atoms with Crippen molar-refractivity contribution in [1.82, 2.24) is 0 Å². The van der Waals surface area contributed by atoms with Gasteiger partial charge >= 0.3 is 18.6 Å². The number of aliphatic imine (C=N–C) groups is 1. The van der Waals surface area contributed by atoms with Gasteiger partial charge in [0.05, 0.1) is 12.0 Å². The second-order valence-corrected chi connectivity index (χ2v) is 7.58. The van der Waals surface area contributed by atoms with Gasteiger partial charge in [-0.2, -0.15) is 0 Å². The van der Waals surface area contributed by atoms with Crippen LogP contribution >= 0.6 is 11.3 Å². The molecule has 2 heterocycles. The first kappa shape index (κ1) is 17.4. The molecule has 0 bridgehead atoms. The number of aromatic nitrogens is 1. The van der Waals surface area contributed by atoms with Crippen molar-refractivity contribution in [2.45, 2.75) is 19.3 Å². The zero-order valence-corrected chi connectivity index (χ0v) is 15.9. The Morgan fingerprint density at radius 1 is 1.14 bits per heavy atom. The summed E-state index contributed by atoms with van der Waals surface area (Å²) < 4.78 is 41.2. The van der Waals surface area contributed by atoms with Gasteiger partial charge in [0, 0.05) is 22.5 Å². The van der Waals surface area contributed by atoms with E-state index in [0.717, 1.165) is 41.1 Å². The highest BCUT2D eigenvalue weighted by molar-refractivity contribution is 7.18. The van der Waals surface area contributed by atoms with E-state index in [1.807, 2.05) is 16.6 Å². The van der Waals surface area contributed by atoms with Gasteiger partial charge in [-0.15, -0.1) is 0 Å². The highest BCUT2D eigenvalue weighted by Gasteiger charge is 2.37. The second kappa shape index (κ2) is 6.70. The molecule has 0 fully saturated rings. The lowest BCUT2D eigenvalue weighted by Gasteiger charge is -2.10. The highest BCUT2D eigenvalue weighted by atomic mass is 32.1.